The average molecular weight is 530 g/mol. The van der Waals surface area contributed by atoms with Gasteiger partial charge in [-0.05, 0) is 54.9 Å². The van der Waals surface area contributed by atoms with Crippen molar-refractivity contribution in [3.05, 3.63) is 11.7 Å². The van der Waals surface area contributed by atoms with Crippen molar-refractivity contribution in [2.75, 3.05) is 20.3 Å². The molecule has 0 aliphatic heterocycles. The van der Waals surface area contributed by atoms with Crippen LogP contribution in [-0.2, 0) is 30.3 Å². The van der Waals surface area contributed by atoms with E-state index >= 15 is 0 Å². The molecule has 0 aliphatic carbocycles. The Morgan fingerprint density at radius 1 is 1.05 bits per heavy atom. The van der Waals surface area contributed by atoms with Crippen molar-refractivity contribution in [1.29, 1.82) is 0 Å². The van der Waals surface area contributed by atoms with Gasteiger partial charge in [0, 0.05) is 6.61 Å². The van der Waals surface area contributed by atoms with Gasteiger partial charge in [0.2, 0.25) is 5.89 Å². The van der Waals surface area contributed by atoms with E-state index in [-0.39, 0.29) is 24.9 Å². The summed E-state index contributed by atoms with van der Waals surface area (Å²) in [6, 6.07) is -2.42. The Kier molecular flexibility index (Phi) is 12.8. The smallest absolute Gasteiger partial charge is 0.408 e. The van der Waals surface area contributed by atoms with Gasteiger partial charge in [0.15, 0.2) is 11.9 Å². The highest BCUT2D eigenvalue weighted by molar-refractivity contribution is 5.84. The van der Waals surface area contributed by atoms with Crippen LogP contribution in [0.25, 0.3) is 0 Å². The van der Waals surface area contributed by atoms with Crippen LogP contribution in [-0.4, -0.2) is 71.9 Å². The predicted octanol–water partition coefficient (Wildman–Crippen LogP) is 3.00. The highest BCUT2D eigenvalue weighted by atomic mass is 16.6. The molecule has 0 aliphatic rings. The Bertz CT molecular complexity index is 862. The molecule has 212 valence electrons. The number of nitrogens with one attached hydrogen (secondary N) is 3. The quantitative estimate of drug-likeness (QED) is 0.256. The summed E-state index contributed by atoms with van der Waals surface area (Å²) in [4.78, 5) is 41.2. The van der Waals surface area contributed by atoms with Crippen LogP contribution in [0.3, 0.4) is 0 Å². The number of carbonyl (C=O) groups is 3. The van der Waals surface area contributed by atoms with Gasteiger partial charge >= 0.3 is 18.1 Å². The molecule has 1 aromatic heterocycles. The largest absolute Gasteiger partial charge is 0.467 e. The number of alkyl carbamates (subject to hydrolysis) is 1. The summed E-state index contributed by atoms with van der Waals surface area (Å²) in [6.07, 6.45) is 0.519. The van der Waals surface area contributed by atoms with Crippen LogP contribution in [0.1, 0.15) is 86.0 Å². The lowest BCUT2D eigenvalue weighted by molar-refractivity contribution is -0.150. The van der Waals surface area contributed by atoms with Gasteiger partial charge in [-0.2, -0.15) is 4.98 Å². The van der Waals surface area contributed by atoms with Gasteiger partial charge in [0.1, 0.15) is 11.6 Å². The van der Waals surface area contributed by atoms with E-state index in [1.165, 1.54) is 7.11 Å². The van der Waals surface area contributed by atoms with Crippen LogP contribution in [0.2, 0.25) is 0 Å². The van der Waals surface area contributed by atoms with Crippen molar-refractivity contribution in [3.63, 3.8) is 0 Å². The predicted molar refractivity (Wildman–Crippen MR) is 134 cm³/mol. The lowest BCUT2D eigenvalue weighted by Crippen LogP contribution is -2.53. The topological polar surface area (TPSA) is 163 Å². The number of rotatable bonds is 13. The van der Waals surface area contributed by atoms with Crippen LogP contribution < -0.4 is 16.0 Å². The fourth-order valence-corrected chi connectivity index (χ4v) is 3.03. The molecule has 3 amide bonds. The van der Waals surface area contributed by atoms with Gasteiger partial charge in [0.05, 0.1) is 32.0 Å². The number of unbranched alkanes of at least 4 members (excludes halogenated alkanes) is 1. The zero-order valence-electron chi connectivity index (χ0n) is 23.4. The van der Waals surface area contributed by atoms with Gasteiger partial charge in [-0.1, -0.05) is 18.5 Å². The maximum Gasteiger partial charge on any atom is 0.408 e. The maximum absolute atomic E-state index is 12.5. The van der Waals surface area contributed by atoms with E-state index in [0.29, 0.717) is 6.61 Å². The molecule has 0 radical (unpaired) electrons. The van der Waals surface area contributed by atoms with E-state index in [1.807, 2.05) is 27.7 Å². The number of ether oxygens (including phenoxy) is 4. The third kappa shape index (κ3) is 13.3. The van der Waals surface area contributed by atoms with Crippen LogP contribution in [0, 0.1) is 0 Å². The Hall–Kier alpha value is -2.93. The van der Waals surface area contributed by atoms with Gasteiger partial charge in [-0.3, -0.25) is 0 Å². The molecule has 0 saturated heterocycles. The molecule has 3 N–H and O–H groups in total. The zero-order chi connectivity index (χ0) is 28.2. The fraction of sp³-hybridized carbons (Fsp3) is 0.792. The second-order valence-corrected chi connectivity index (χ2v) is 10.4. The molecule has 3 unspecified atom stereocenters. The van der Waals surface area contributed by atoms with E-state index < -0.39 is 47.5 Å². The van der Waals surface area contributed by atoms with Crippen molar-refractivity contribution in [2.24, 2.45) is 0 Å². The van der Waals surface area contributed by atoms with E-state index in [4.69, 9.17) is 23.5 Å². The molecule has 0 bridgehead atoms. The third-order valence-electron chi connectivity index (χ3n) is 4.56. The SMILES string of the molecule is CCCCOCC(NC(=O)OC(C)(C)C)c1noc(CNC(=O)NC(C(=O)OC)C(C)OC(C)(C)C)n1. The summed E-state index contributed by atoms with van der Waals surface area (Å²) in [7, 11) is 1.23. The first-order chi connectivity index (χ1) is 17.1. The van der Waals surface area contributed by atoms with Crippen LogP contribution in [0.4, 0.5) is 9.59 Å². The first-order valence-electron chi connectivity index (χ1n) is 12.3. The summed E-state index contributed by atoms with van der Waals surface area (Å²) < 4.78 is 26.7. The van der Waals surface area contributed by atoms with Gasteiger partial charge in [-0.15, -0.1) is 0 Å². The second-order valence-electron chi connectivity index (χ2n) is 10.4. The maximum atomic E-state index is 12.5. The number of amides is 3. The normalized spacial score (nSPS) is 14.3. The monoisotopic (exact) mass is 529 g/mol. The highest BCUT2D eigenvalue weighted by Crippen LogP contribution is 2.15. The second kappa shape index (κ2) is 14.7. The molecule has 1 heterocycles. The van der Waals surface area contributed by atoms with E-state index in [1.54, 1.807) is 27.7 Å². The molecule has 37 heavy (non-hydrogen) atoms. The fourth-order valence-electron chi connectivity index (χ4n) is 3.03. The number of urea groups is 1. The summed E-state index contributed by atoms with van der Waals surface area (Å²) in [5.41, 5.74) is -1.22. The number of nitrogens with zero attached hydrogens (tertiary/aromatic N) is 2. The lowest BCUT2D eigenvalue weighted by Gasteiger charge is -2.29. The van der Waals surface area contributed by atoms with Gasteiger partial charge < -0.3 is 39.4 Å². The Morgan fingerprint density at radius 2 is 1.73 bits per heavy atom. The Labute approximate surface area is 218 Å². The van der Waals surface area contributed by atoms with Crippen molar-refractivity contribution in [2.45, 2.75) is 104 Å². The summed E-state index contributed by atoms with van der Waals surface area (Å²) in [5.74, 6) is -0.395. The van der Waals surface area contributed by atoms with Crippen LogP contribution in [0.15, 0.2) is 4.52 Å². The average Bonchev–Trinajstić information content (AvgIpc) is 3.24. The van der Waals surface area contributed by atoms with Gasteiger partial charge in [0.25, 0.3) is 0 Å². The molecule has 0 saturated carbocycles. The minimum atomic E-state index is -1.04. The Balaban J connectivity index is 2.81. The van der Waals surface area contributed by atoms with Crippen molar-refractivity contribution in [1.82, 2.24) is 26.1 Å². The van der Waals surface area contributed by atoms with Crippen molar-refractivity contribution < 1.29 is 37.9 Å². The summed E-state index contributed by atoms with van der Waals surface area (Å²) in [6.45, 7) is 15.0. The number of methoxy groups -OCH3 is 1. The van der Waals surface area contributed by atoms with Crippen LogP contribution >= 0.6 is 0 Å². The molecular weight excluding hydrogens is 486 g/mol. The Morgan fingerprint density at radius 3 is 2.30 bits per heavy atom. The number of hydrogen-bond acceptors (Lipinski definition) is 10. The van der Waals surface area contributed by atoms with E-state index in [0.717, 1.165) is 12.8 Å². The summed E-state index contributed by atoms with van der Waals surface area (Å²) in [5, 5.41) is 11.7. The molecule has 0 fully saturated rings. The molecule has 1 rings (SSSR count). The zero-order valence-corrected chi connectivity index (χ0v) is 23.4. The standard InChI is InChI=1S/C24H43N5O8/c1-10-11-12-34-14-16(26-22(32)36-24(6,7)8)19-27-17(37-29-19)13-25-21(31)28-18(20(30)33-9)15(2)35-23(3,4)5/h15-16,18H,10-14H2,1-9H3,(H,26,32)(H2,25,28,31). The number of aromatic nitrogens is 2. The molecule has 1 aromatic rings. The van der Waals surface area contributed by atoms with Crippen molar-refractivity contribution >= 4 is 18.1 Å². The molecule has 13 nitrogen and oxygen atoms in total. The minimum absolute atomic E-state index is 0.0864. The highest BCUT2D eigenvalue weighted by Gasteiger charge is 2.31. The first-order valence-corrected chi connectivity index (χ1v) is 12.3. The van der Waals surface area contributed by atoms with E-state index in [2.05, 4.69) is 26.1 Å². The molecule has 13 heteroatoms. The number of esters is 1. The van der Waals surface area contributed by atoms with Crippen molar-refractivity contribution in [3.8, 4) is 0 Å². The first kappa shape index (κ1) is 32.1. The van der Waals surface area contributed by atoms with Crippen LogP contribution in [0.5, 0.6) is 0 Å². The number of hydrogen-bond donors (Lipinski definition) is 3. The van der Waals surface area contributed by atoms with E-state index in [9.17, 15) is 14.4 Å². The number of carbonyl (C=O) groups excluding carboxylic acids is 3. The molecule has 3 atom stereocenters. The summed E-state index contributed by atoms with van der Waals surface area (Å²) >= 11 is 0. The molecular formula is C24H43N5O8. The van der Waals surface area contributed by atoms with Gasteiger partial charge in [-0.25, -0.2) is 14.4 Å². The molecule has 0 aromatic carbocycles. The molecule has 0 spiro atoms. The minimum Gasteiger partial charge on any atom is -0.467 e. The lowest BCUT2D eigenvalue weighted by atomic mass is 10.1. The third-order valence-corrected chi connectivity index (χ3v) is 4.56.